The summed E-state index contributed by atoms with van der Waals surface area (Å²) >= 11 is 11.5. The predicted octanol–water partition coefficient (Wildman–Crippen LogP) is 6.88. The second-order valence-electron chi connectivity index (χ2n) is 7.60. The van der Waals surface area contributed by atoms with E-state index in [0.29, 0.717) is 6.42 Å². The lowest BCUT2D eigenvalue weighted by atomic mass is 9.86. The summed E-state index contributed by atoms with van der Waals surface area (Å²) in [5.41, 5.74) is 4.83. The van der Waals surface area contributed by atoms with Gasteiger partial charge in [-0.1, -0.05) is 79.9 Å². The monoisotopic (exact) mass is 398 g/mol. The third-order valence-electron chi connectivity index (χ3n) is 5.49. The lowest BCUT2D eigenvalue weighted by Gasteiger charge is -2.19. The first-order valence-corrected chi connectivity index (χ1v) is 11.0. The molecule has 0 heterocycles. The van der Waals surface area contributed by atoms with Crippen molar-refractivity contribution in [2.75, 3.05) is 0 Å². The fourth-order valence-electron chi connectivity index (χ4n) is 3.92. The molecule has 0 spiro atoms. The molecule has 0 fully saturated rings. The van der Waals surface area contributed by atoms with Gasteiger partial charge in [0.15, 0.2) is 0 Å². The van der Waals surface area contributed by atoms with Crippen LogP contribution in [0.15, 0.2) is 18.2 Å². The summed E-state index contributed by atoms with van der Waals surface area (Å²) in [6.45, 7) is 0. The number of carbonyl (C=O) groups is 1. The number of alkyl halides is 2. The van der Waals surface area contributed by atoms with Crippen LogP contribution in [0.1, 0.15) is 87.3 Å². The molecule has 2 rings (SSSR count). The van der Waals surface area contributed by atoms with E-state index in [0.717, 1.165) is 19.3 Å². The van der Waals surface area contributed by atoms with Crippen LogP contribution in [-0.2, 0) is 24.1 Å². The minimum Gasteiger partial charge on any atom is -0.479 e. The molecule has 0 unspecified atom stereocenters. The van der Waals surface area contributed by atoms with Crippen LogP contribution in [0.3, 0.4) is 0 Å². The number of unbranched alkanes of at least 4 members (excludes halogenated alkanes) is 7. The van der Waals surface area contributed by atoms with E-state index in [1.165, 1.54) is 64.2 Å². The molecule has 0 atom stereocenters. The quantitative estimate of drug-likeness (QED) is 0.307. The SMILES string of the molecule is O=C(O)C(Cl)(Cl)CCCCCCCCCCc1cccc2c1CCCC2. The van der Waals surface area contributed by atoms with E-state index in [9.17, 15) is 4.79 Å². The molecule has 1 aliphatic rings. The van der Waals surface area contributed by atoms with Crippen molar-refractivity contribution in [1.29, 1.82) is 0 Å². The van der Waals surface area contributed by atoms with Gasteiger partial charge in [0.25, 0.3) is 0 Å². The number of halogens is 2. The predicted molar refractivity (Wildman–Crippen MR) is 110 cm³/mol. The number of carboxylic acids is 1. The minimum atomic E-state index is -1.61. The molecule has 4 heteroatoms. The lowest BCUT2D eigenvalue weighted by Crippen LogP contribution is -2.25. The van der Waals surface area contributed by atoms with Crippen LogP contribution in [0.5, 0.6) is 0 Å². The number of benzene rings is 1. The summed E-state index contributed by atoms with van der Waals surface area (Å²) in [7, 11) is 0. The molecule has 0 radical (unpaired) electrons. The Kier molecular flexibility index (Phi) is 9.28. The van der Waals surface area contributed by atoms with Crippen molar-refractivity contribution in [2.24, 2.45) is 0 Å². The topological polar surface area (TPSA) is 37.3 Å². The van der Waals surface area contributed by atoms with Gasteiger partial charge in [0, 0.05) is 0 Å². The second-order valence-corrected chi connectivity index (χ2v) is 9.08. The van der Waals surface area contributed by atoms with E-state index in [-0.39, 0.29) is 0 Å². The Morgan fingerprint density at radius 2 is 1.54 bits per heavy atom. The number of fused-ring (bicyclic) bond motifs is 1. The Bertz CT molecular complexity index is 569. The first-order valence-electron chi connectivity index (χ1n) is 10.2. The zero-order chi connectivity index (χ0) is 18.8. The molecule has 1 aromatic rings. The summed E-state index contributed by atoms with van der Waals surface area (Å²) in [5.74, 6) is -1.14. The van der Waals surface area contributed by atoms with Crippen LogP contribution in [-0.4, -0.2) is 15.4 Å². The maximum absolute atomic E-state index is 10.8. The normalized spacial score (nSPS) is 14.2. The van der Waals surface area contributed by atoms with Gasteiger partial charge in [0.1, 0.15) is 0 Å². The summed E-state index contributed by atoms with van der Waals surface area (Å²) in [6, 6.07) is 6.88. The number of carboxylic acid groups (broad SMARTS) is 1. The minimum absolute atomic E-state index is 0.326. The van der Waals surface area contributed by atoms with Crippen molar-refractivity contribution in [1.82, 2.24) is 0 Å². The number of hydrogen-bond acceptors (Lipinski definition) is 1. The van der Waals surface area contributed by atoms with Crippen molar-refractivity contribution in [3.05, 3.63) is 34.9 Å². The van der Waals surface area contributed by atoms with Gasteiger partial charge in [-0.3, -0.25) is 0 Å². The Hall–Kier alpha value is -0.730. The maximum Gasteiger partial charge on any atom is 0.340 e. The average Bonchev–Trinajstić information content (AvgIpc) is 2.63. The maximum atomic E-state index is 10.8. The highest BCUT2D eigenvalue weighted by Crippen LogP contribution is 2.28. The van der Waals surface area contributed by atoms with Crippen LogP contribution in [0.4, 0.5) is 0 Å². The van der Waals surface area contributed by atoms with Crippen LogP contribution in [0.2, 0.25) is 0 Å². The van der Waals surface area contributed by atoms with Crippen LogP contribution in [0, 0.1) is 0 Å². The van der Waals surface area contributed by atoms with Crippen molar-refractivity contribution in [3.8, 4) is 0 Å². The third-order valence-corrected chi connectivity index (χ3v) is 6.19. The van der Waals surface area contributed by atoms with Crippen molar-refractivity contribution in [2.45, 2.75) is 94.2 Å². The van der Waals surface area contributed by atoms with Gasteiger partial charge in [-0.15, -0.1) is 0 Å². The molecule has 26 heavy (non-hydrogen) atoms. The first-order chi connectivity index (χ1) is 12.5. The average molecular weight is 399 g/mol. The number of hydrogen-bond donors (Lipinski definition) is 1. The van der Waals surface area contributed by atoms with Crippen LogP contribution >= 0.6 is 23.2 Å². The van der Waals surface area contributed by atoms with E-state index in [1.807, 2.05) is 0 Å². The van der Waals surface area contributed by atoms with Crippen molar-refractivity contribution >= 4 is 29.2 Å². The molecule has 1 aromatic carbocycles. The van der Waals surface area contributed by atoms with E-state index in [4.69, 9.17) is 28.3 Å². The number of aliphatic carboxylic acids is 1. The molecule has 0 saturated carbocycles. The van der Waals surface area contributed by atoms with E-state index in [1.54, 1.807) is 16.7 Å². The van der Waals surface area contributed by atoms with E-state index in [2.05, 4.69) is 18.2 Å². The largest absolute Gasteiger partial charge is 0.479 e. The Morgan fingerprint density at radius 3 is 2.23 bits per heavy atom. The molecule has 146 valence electrons. The molecule has 0 saturated heterocycles. The molecular formula is C22H32Cl2O2. The molecule has 1 N–H and O–H groups in total. The summed E-state index contributed by atoms with van der Waals surface area (Å²) in [5, 5.41) is 8.85. The molecule has 0 amide bonds. The number of aryl methyl sites for hydroxylation is 2. The highest BCUT2D eigenvalue weighted by Gasteiger charge is 2.32. The zero-order valence-electron chi connectivity index (χ0n) is 15.7. The van der Waals surface area contributed by atoms with Crippen molar-refractivity contribution in [3.63, 3.8) is 0 Å². The summed E-state index contributed by atoms with van der Waals surface area (Å²) < 4.78 is -1.61. The van der Waals surface area contributed by atoms with E-state index < -0.39 is 10.3 Å². The highest BCUT2D eigenvalue weighted by atomic mass is 35.5. The fourth-order valence-corrected chi connectivity index (χ4v) is 4.19. The van der Waals surface area contributed by atoms with E-state index >= 15 is 0 Å². The highest BCUT2D eigenvalue weighted by molar-refractivity contribution is 6.57. The molecule has 0 bridgehead atoms. The third kappa shape index (κ3) is 7.12. The Morgan fingerprint density at radius 1 is 0.923 bits per heavy atom. The van der Waals surface area contributed by atoms with Gasteiger partial charge in [-0.2, -0.15) is 0 Å². The standard InChI is InChI=1S/C22H32Cl2O2/c23-22(24,21(25)26)17-10-6-4-2-1-3-5-7-12-18-14-11-15-19-13-8-9-16-20(18)19/h11,14-15H,1-10,12-13,16-17H2,(H,25,26). The van der Waals surface area contributed by atoms with Gasteiger partial charge < -0.3 is 5.11 Å². The fraction of sp³-hybridized carbons (Fsp3) is 0.682. The molecule has 0 aliphatic heterocycles. The second kappa shape index (κ2) is 11.2. The summed E-state index contributed by atoms with van der Waals surface area (Å²) in [6.07, 6.45) is 16.1. The van der Waals surface area contributed by atoms with Gasteiger partial charge >= 0.3 is 5.97 Å². The Balaban J connectivity index is 1.50. The first kappa shape index (κ1) is 21.6. The molecular weight excluding hydrogens is 367 g/mol. The molecule has 1 aliphatic carbocycles. The van der Waals surface area contributed by atoms with Gasteiger partial charge in [-0.05, 0) is 68.1 Å². The smallest absolute Gasteiger partial charge is 0.340 e. The molecule has 2 nitrogen and oxygen atoms in total. The van der Waals surface area contributed by atoms with Crippen LogP contribution in [0.25, 0.3) is 0 Å². The zero-order valence-corrected chi connectivity index (χ0v) is 17.3. The van der Waals surface area contributed by atoms with Crippen molar-refractivity contribution < 1.29 is 9.90 Å². The number of rotatable bonds is 12. The lowest BCUT2D eigenvalue weighted by molar-refractivity contribution is -0.138. The van der Waals surface area contributed by atoms with Gasteiger partial charge in [-0.25, -0.2) is 4.79 Å². The van der Waals surface area contributed by atoms with Gasteiger partial charge in [0.2, 0.25) is 4.33 Å². The summed E-state index contributed by atoms with van der Waals surface area (Å²) in [4.78, 5) is 10.8. The van der Waals surface area contributed by atoms with Gasteiger partial charge in [0.05, 0.1) is 0 Å². The van der Waals surface area contributed by atoms with Crippen LogP contribution < -0.4 is 0 Å². The molecule has 0 aromatic heterocycles. The Labute approximate surface area is 168 Å².